The van der Waals surface area contributed by atoms with E-state index in [1.807, 2.05) is 10.6 Å². The molecule has 0 radical (unpaired) electrons. The minimum Gasteiger partial charge on any atom is -0.396 e. The van der Waals surface area contributed by atoms with Gasteiger partial charge in [-0.2, -0.15) is 15.8 Å². The number of aliphatic hydroxyl groups excluding tert-OH is 1. The number of anilines is 1. The van der Waals surface area contributed by atoms with Gasteiger partial charge >= 0.3 is 0 Å². The highest BCUT2D eigenvalue weighted by molar-refractivity contribution is 5.80. The molecule has 1 aromatic carbocycles. The molecule has 0 aliphatic carbocycles. The highest BCUT2D eigenvalue weighted by Crippen LogP contribution is 2.20. The first-order chi connectivity index (χ1) is 10.7. The summed E-state index contributed by atoms with van der Waals surface area (Å²) in [4.78, 5) is 4.26. The number of allylic oxidation sites excluding steroid dienone is 2. The summed E-state index contributed by atoms with van der Waals surface area (Å²) in [5.74, 6) is 0. The number of nitrogens with zero attached hydrogens (tertiary/aromatic N) is 5. The van der Waals surface area contributed by atoms with Crippen molar-refractivity contribution >= 4 is 16.7 Å². The van der Waals surface area contributed by atoms with Crippen LogP contribution in [0.1, 0.15) is 6.42 Å². The summed E-state index contributed by atoms with van der Waals surface area (Å²) < 4.78 is 1.92. The molecule has 2 N–H and O–H groups in total. The van der Waals surface area contributed by atoms with E-state index in [1.54, 1.807) is 36.7 Å². The number of imidazole rings is 1. The summed E-state index contributed by atoms with van der Waals surface area (Å²) in [7, 11) is 0. The van der Waals surface area contributed by atoms with Crippen LogP contribution in [-0.4, -0.2) is 21.3 Å². The molecule has 0 fully saturated rings. The minimum absolute atomic E-state index is 0.0935. The lowest BCUT2D eigenvalue weighted by Gasteiger charge is -2.06. The lowest BCUT2D eigenvalue weighted by atomic mass is 10.2. The molecule has 0 aliphatic heterocycles. The van der Waals surface area contributed by atoms with E-state index >= 15 is 0 Å². The molecule has 22 heavy (non-hydrogen) atoms. The predicted octanol–water partition coefficient (Wildman–Crippen LogP) is 1.66. The molecule has 0 saturated heterocycles. The standard InChI is InChI=1S/C15H12N6O/c16-7-11(8-17)14(9-18)20-12-2-3-15-13(6-12)19-10-21(15)4-1-5-22/h2-3,6,10,20,22H,1,4-5H2. The van der Waals surface area contributed by atoms with Crippen molar-refractivity contribution in [3.63, 3.8) is 0 Å². The molecule has 1 heterocycles. The predicted molar refractivity (Wildman–Crippen MR) is 78.9 cm³/mol. The summed E-state index contributed by atoms with van der Waals surface area (Å²) in [5, 5.41) is 38.3. The summed E-state index contributed by atoms with van der Waals surface area (Å²) >= 11 is 0. The van der Waals surface area contributed by atoms with Gasteiger partial charge in [-0.3, -0.25) is 0 Å². The highest BCUT2D eigenvalue weighted by Gasteiger charge is 2.08. The number of benzene rings is 1. The third kappa shape index (κ3) is 3.04. The van der Waals surface area contributed by atoms with E-state index in [0.717, 1.165) is 11.0 Å². The number of fused-ring (bicyclic) bond motifs is 1. The van der Waals surface area contributed by atoms with E-state index in [2.05, 4.69) is 10.3 Å². The van der Waals surface area contributed by atoms with E-state index in [1.165, 1.54) is 0 Å². The maximum Gasteiger partial charge on any atom is 0.163 e. The molecule has 0 bridgehead atoms. The smallest absolute Gasteiger partial charge is 0.163 e. The second-order valence-electron chi connectivity index (χ2n) is 4.43. The number of hydrogen-bond donors (Lipinski definition) is 2. The average molecular weight is 292 g/mol. The first-order valence-corrected chi connectivity index (χ1v) is 6.50. The zero-order valence-electron chi connectivity index (χ0n) is 11.6. The number of aliphatic hydroxyl groups is 1. The quantitative estimate of drug-likeness (QED) is 0.808. The van der Waals surface area contributed by atoms with Gasteiger partial charge < -0.3 is 15.0 Å². The zero-order chi connectivity index (χ0) is 15.9. The van der Waals surface area contributed by atoms with Gasteiger partial charge in [0.25, 0.3) is 0 Å². The molecule has 0 amide bonds. The number of rotatable bonds is 5. The van der Waals surface area contributed by atoms with Crippen molar-refractivity contribution < 1.29 is 5.11 Å². The molecule has 2 aromatic rings. The molecule has 0 atom stereocenters. The van der Waals surface area contributed by atoms with Crippen molar-refractivity contribution in [3.8, 4) is 18.2 Å². The first kappa shape index (κ1) is 15.1. The van der Waals surface area contributed by atoms with E-state index in [4.69, 9.17) is 20.9 Å². The Morgan fingerprint density at radius 3 is 2.64 bits per heavy atom. The lowest BCUT2D eigenvalue weighted by Crippen LogP contribution is -2.01. The molecule has 0 unspecified atom stereocenters. The van der Waals surface area contributed by atoms with Crippen LogP contribution in [0.2, 0.25) is 0 Å². The van der Waals surface area contributed by atoms with Crippen LogP contribution in [0.4, 0.5) is 5.69 Å². The normalized spacial score (nSPS) is 9.55. The molecule has 1 aromatic heterocycles. The monoisotopic (exact) mass is 292 g/mol. The fraction of sp³-hybridized carbons (Fsp3) is 0.200. The van der Waals surface area contributed by atoms with E-state index < -0.39 is 0 Å². The molecule has 0 saturated carbocycles. The average Bonchev–Trinajstić information content (AvgIpc) is 2.95. The van der Waals surface area contributed by atoms with E-state index in [0.29, 0.717) is 18.7 Å². The summed E-state index contributed by atoms with van der Waals surface area (Å²) in [6.45, 7) is 0.775. The number of aromatic nitrogens is 2. The van der Waals surface area contributed by atoms with Gasteiger partial charge in [0, 0.05) is 18.8 Å². The van der Waals surface area contributed by atoms with Gasteiger partial charge in [-0.05, 0) is 24.6 Å². The Morgan fingerprint density at radius 2 is 2.00 bits per heavy atom. The molecule has 7 nitrogen and oxygen atoms in total. The Bertz CT molecular complexity index is 828. The maximum atomic E-state index is 9.02. The van der Waals surface area contributed by atoms with Crippen LogP contribution in [0.3, 0.4) is 0 Å². The highest BCUT2D eigenvalue weighted by atomic mass is 16.3. The number of hydrogen-bond acceptors (Lipinski definition) is 6. The van der Waals surface area contributed by atoms with Gasteiger partial charge in [-0.1, -0.05) is 0 Å². The van der Waals surface area contributed by atoms with Crippen molar-refractivity contribution in [2.75, 3.05) is 11.9 Å². The van der Waals surface area contributed by atoms with Gasteiger partial charge in [0.1, 0.15) is 23.9 Å². The Labute approximate surface area is 127 Å². The summed E-state index contributed by atoms with van der Waals surface area (Å²) in [5.41, 5.74) is 1.83. The molecule has 108 valence electrons. The molecule has 2 rings (SSSR count). The van der Waals surface area contributed by atoms with Crippen LogP contribution in [0.5, 0.6) is 0 Å². The van der Waals surface area contributed by atoms with Crippen LogP contribution in [0.15, 0.2) is 35.8 Å². The van der Waals surface area contributed by atoms with Gasteiger partial charge in [0.15, 0.2) is 5.57 Å². The van der Waals surface area contributed by atoms with Crippen LogP contribution >= 0.6 is 0 Å². The maximum absolute atomic E-state index is 9.02. The topological polar surface area (TPSA) is 121 Å². The largest absolute Gasteiger partial charge is 0.396 e. The van der Waals surface area contributed by atoms with Crippen LogP contribution < -0.4 is 5.32 Å². The second kappa shape index (κ2) is 6.90. The van der Waals surface area contributed by atoms with Gasteiger partial charge in [0.05, 0.1) is 17.4 Å². The van der Waals surface area contributed by atoms with Gasteiger partial charge in [0.2, 0.25) is 0 Å². The summed E-state index contributed by atoms with van der Waals surface area (Å²) in [6, 6.07) is 10.5. The molecule has 0 spiro atoms. The molecule has 0 aliphatic rings. The van der Waals surface area contributed by atoms with Crippen LogP contribution in [0.25, 0.3) is 11.0 Å². The Kier molecular flexibility index (Phi) is 4.72. The molecular weight excluding hydrogens is 280 g/mol. The van der Waals surface area contributed by atoms with Crippen molar-refractivity contribution in [2.45, 2.75) is 13.0 Å². The number of nitriles is 3. The van der Waals surface area contributed by atoms with Crippen molar-refractivity contribution in [3.05, 3.63) is 35.8 Å². The van der Waals surface area contributed by atoms with Gasteiger partial charge in [-0.25, -0.2) is 4.98 Å². The summed E-state index contributed by atoms with van der Waals surface area (Å²) in [6.07, 6.45) is 2.32. The van der Waals surface area contributed by atoms with Crippen molar-refractivity contribution in [1.29, 1.82) is 15.8 Å². The Balaban J connectivity index is 2.32. The fourth-order valence-electron chi connectivity index (χ4n) is 1.99. The molecule has 7 heteroatoms. The van der Waals surface area contributed by atoms with E-state index in [9.17, 15) is 0 Å². The van der Waals surface area contributed by atoms with Crippen LogP contribution in [0, 0.1) is 34.0 Å². The second-order valence-corrected chi connectivity index (χ2v) is 4.43. The van der Waals surface area contributed by atoms with Gasteiger partial charge in [-0.15, -0.1) is 0 Å². The van der Waals surface area contributed by atoms with Crippen LogP contribution in [-0.2, 0) is 6.54 Å². The number of nitrogens with one attached hydrogen (secondary N) is 1. The first-order valence-electron chi connectivity index (χ1n) is 6.50. The molecular formula is C15H12N6O. The fourth-order valence-corrected chi connectivity index (χ4v) is 1.99. The zero-order valence-corrected chi connectivity index (χ0v) is 11.6. The minimum atomic E-state index is -0.268. The SMILES string of the molecule is N#CC(C#N)=C(C#N)Nc1ccc2c(c1)ncn2CCCO. The lowest BCUT2D eigenvalue weighted by molar-refractivity contribution is 0.280. The third-order valence-corrected chi connectivity index (χ3v) is 3.03. The third-order valence-electron chi connectivity index (χ3n) is 3.03. The van der Waals surface area contributed by atoms with Crippen molar-refractivity contribution in [1.82, 2.24) is 9.55 Å². The number of aryl methyl sites for hydroxylation is 1. The Morgan fingerprint density at radius 1 is 1.23 bits per heavy atom. The Hall–Kier alpha value is -3.34. The van der Waals surface area contributed by atoms with E-state index in [-0.39, 0.29) is 17.9 Å². The van der Waals surface area contributed by atoms with Crippen molar-refractivity contribution in [2.24, 2.45) is 0 Å².